The first kappa shape index (κ1) is 16.9. The van der Waals surface area contributed by atoms with Gasteiger partial charge in [-0.2, -0.15) is 5.10 Å². The van der Waals surface area contributed by atoms with Crippen LogP contribution in [0.15, 0.2) is 29.4 Å². The van der Waals surface area contributed by atoms with Crippen molar-refractivity contribution in [3.05, 3.63) is 40.5 Å². The maximum absolute atomic E-state index is 11.9. The Balaban J connectivity index is 1.74. The summed E-state index contributed by atoms with van der Waals surface area (Å²) < 4.78 is 22.8. The summed E-state index contributed by atoms with van der Waals surface area (Å²) >= 11 is 6.16. The van der Waals surface area contributed by atoms with Crippen LogP contribution in [0.1, 0.15) is 17.5 Å². The second-order valence-corrected chi connectivity index (χ2v) is 8.44. The first-order chi connectivity index (χ1) is 11.4. The Labute approximate surface area is 144 Å². The number of aromatic nitrogens is 1. The van der Waals surface area contributed by atoms with Gasteiger partial charge in [-0.3, -0.25) is 4.79 Å². The Morgan fingerprint density at radius 2 is 2.25 bits per heavy atom. The van der Waals surface area contributed by atoms with E-state index in [0.29, 0.717) is 17.1 Å². The van der Waals surface area contributed by atoms with Crippen molar-refractivity contribution < 1.29 is 13.2 Å². The molecule has 1 atom stereocenters. The summed E-state index contributed by atoms with van der Waals surface area (Å²) in [7, 11) is -3.10. The Bertz CT molecular complexity index is 941. The van der Waals surface area contributed by atoms with E-state index in [1.807, 2.05) is 31.2 Å². The number of hydrogen-bond donors (Lipinski definition) is 1. The molecular formula is C16H16ClN3O3S. The zero-order chi connectivity index (χ0) is 17.3. The van der Waals surface area contributed by atoms with E-state index in [1.54, 1.807) is 0 Å². The van der Waals surface area contributed by atoms with Gasteiger partial charge in [0.1, 0.15) is 5.15 Å². The third-order valence-electron chi connectivity index (χ3n) is 4.01. The lowest BCUT2D eigenvalue weighted by Crippen LogP contribution is -2.27. The van der Waals surface area contributed by atoms with E-state index >= 15 is 0 Å². The van der Waals surface area contributed by atoms with Gasteiger partial charge in [-0.1, -0.05) is 29.8 Å². The van der Waals surface area contributed by atoms with Crippen LogP contribution < -0.4 is 5.43 Å². The van der Waals surface area contributed by atoms with Crippen molar-refractivity contribution in [2.75, 3.05) is 11.5 Å². The van der Waals surface area contributed by atoms with Crippen LogP contribution in [0.25, 0.3) is 10.9 Å². The number of halogens is 1. The van der Waals surface area contributed by atoms with Crippen LogP contribution in [0.3, 0.4) is 0 Å². The molecule has 0 bridgehead atoms. The summed E-state index contributed by atoms with van der Waals surface area (Å²) in [4.78, 5) is 16.3. The Morgan fingerprint density at radius 1 is 1.46 bits per heavy atom. The number of para-hydroxylation sites is 1. The van der Waals surface area contributed by atoms with Crippen LogP contribution in [0.5, 0.6) is 0 Å². The number of nitrogens with zero attached hydrogens (tertiary/aromatic N) is 2. The minimum atomic E-state index is -3.10. The third-order valence-corrected chi connectivity index (χ3v) is 6.08. The number of rotatable bonds is 3. The van der Waals surface area contributed by atoms with Gasteiger partial charge in [-0.05, 0) is 25.0 Å². The number of nitrogens with one attached hydrogen (secondary N) is 1. The fraction of sp³-hybridized carbons (Fsp3) is 0.312. The van der Waals surface area contributed by atoms with Gasteiger partial charge >= 0.3 is 0 Å². The summed E-state index contributed by atoms with van der Waals surface area (Å²) in [5.41, 5.74) is 4.80. The van der Waals surface area contributed by atoms with Crippen LogP contribution >= 0.6 is 11.6 Å². The van der Waals surface area contributed by atoms with Gasteiger partial charge in [0.25, 0.3) is 0 Å². The summed E-state index contributed by atoms with van der Waals surface area (Å²) in [5, 5.41) is 5.10. The molecule has 1 aromatic carbocycles. The molecule has 1 N–H and O–H groups in total. The van der Waals surface area contributed by atoms with Gasteiger partial charge in [0.2, 0.25) is 5.91 Å². The Hall–Kier alpha value is -1.99. The van der Waals surface area contributed by atoms with E-state index < -0.39 is 21.7 Å². The van der Waals surface area contributed by atoms with Gasteiger partial charge in [0.05, 0.1) is 29.2 Å². The average Bonchev–Trinajstić information content (AvgIpc) is 2.89. The highest BCUT2D eigenvalue weighted by molar-refractivity contribution is 7.91. The van der Waals surface area contributed by atoms with Gasteiger partial charge in [-0.15, -0.1) is 0 Å². The molecule has 2 heterocycles. The first-order valence-electron chi connectivity index (χ1n) is 7.45. The van der Waals surface area contributed by atoms with E-state index in [2.05, 4.69) is 15.5 Å². The van der Waals surface area contributed by atoms with Gasteiger partial charge < -0.3 is 0 Å². The second kappa shape index (κ2) is 6.49. The normalized spacial score (nSPS) is 19.8. The fourth-order valence-electron chi connectivity index (χ4n) is 2.69. The zero-order valence-corrected chi connectivity index (χ0v) is 14.6. The number of amides is 1. The standard InChI is InChI=1S/C16H16ClN3O3S/c1-10-3-2-4-11-7-13(15(17)19-14(10)11)8-18-20-16(21)12-5-6-24(22,23)9-12/h2-4,7-8,12H,5-6,9H2,1H3,(H,20,21)/b18-8-/t12-/m0/s1. The number of hydrogen-bond acceptors (Lipinski definition) is 5. The van der Waals surface area contributed by atoms with Crippen LogP contribution in [0, 0.1) is 12.8 Å². The summed E-state index contributed by atoms with van der Waals surface area (Å²) in [6.45, 7) is 1.95. The van der Waals surface area contributed by atoms with Crippen LogP contribution in [0.2, 0.25) is 5.15 Å². The van der Waals surface area contributed by atoms with Crippen molar-refractivity contribution in [2.45, 2.75) is 13.3 Å². The predicted molar refractivity (Wildman–Crippen MR) is 94.0 cm³/mol. The lowest BCUT2D eigenvalue weighted by Gasteiger charge is -2.06. The number of carbonyl (C=O) groups excluding carboxylic acids is 1. The SMILES string of the molecule is Cc1cccc2cc(/C=N\NC(=O)[C@H]3CCS(=O)(=O)C3)c(Cl)nc12. The second-order valence-electron chi connectivity index (χ2n) is 5.85. The highest BCUT2D eigenvalue weighted by atomic mass is 35.5. The molecule has 0 radical (unpaired) electrons. The van der Waals surface area contributed by atoms with Crippen molar-refractivity contribution in [2.24, 2.45) is 11.0 Å². The highest BCUT2D eigenvalue weighted by Crippen LogP contribution is 2.22. The molecule has 1 aromatic heterocycles. The number of carbonyl (C=O) groups is 1. The maximum atomic E-state index is 11.9. The van der Waals surface area contributed by atoms with Crippen LogP contribution in [-0.4, -0.2) is 37.0 Å². The lowest BCUT2D eigenvalue weighted by atomic mass is 10.1. The summed E-state index contributed by atoms with van der Waals surface area (Å²) in [6.07, 6.45) is 1.75. The van der Waals surface area contributed by atoms with Crippen molar-refractivity contribution >= 4 is 44.5 Å². The topological polar surface area (TPSA) is 88.5 Å². The van der Waals surface area contributed by atoms with Gasteiger partial charge in [0.15, 0.2) is 9.84 Å². The van der Waals surface area contributed by atoms with Crippen molar-refractivity contribution in [1.82, 2.24) is 10.4 Å². The largest absolute Gasteiger partial charge is 0.273 e. The molecule has 1 aliphatic heterocycles. The molecule has 0 unspecified atom stereocenters. The molecule has 0 spiro atoms. The maximum Gasteiger partial charge on any atom is 0.244 e. The molecule has 1 saturated heterocycles. The third kappa shape index (κ3) is 3.57. The molecule has 0 aliphatic carbocycles. The number of aryl methyl sites for hydroxylation is 1. The van der Waals surface area contributed by atoms with Crippen LogP contribution in [-0.2, 0) is 14.6 Å². The number of hydrazone groups is 1. The van der Waals surface area contributed by atoms with Gasteiger partial charge in [-0.25, -0.2) is 18.8 Å². The quantitative estimate of drug-likeness (QED) is 0.512. The van der Waals surface area contributed by atoms with E-state index in [1.165, 1.54) is 6.21 Å². The molecule has 24 heavy (non-hydrogen) atoms. The lowest BCUT2D eigenvalue weighted by molar-refractivity contribution is -0.124. The Kier molecular flexibility index (Phi) is 4.56. The van der Waals surface area contributed by atoms with E-state index in [-0.39, 0.29) is 11.5 Å². The molecule has 1 fully saturated rings. The molecule has 8 heteroatoms. The minimum Gasteiger partial charge on any atom is -0.273 e. The smallest absolute Gasteiger partial charge is 0.244 e. The van der Waals surface area contributed by atoms with Crippen molar-refractivity contribution in [3.8, 4) is 0 Å². The van der Waals surface area contributed by atoms with E-state index in [9.17, 15) is 13.2 Å². The van der Waals surface area contributed by atoms with Crippen molar-refractivity contribution in [1.29, 1.82) is 0 Å². The molecule has 1 aliphatic rings. The molecule has 6 nitrogen and oxygen atoms in total. The zero-order valence-electron chi connectivity index (χ0n) is 13.0. The average molecular weight is 366 g/mol. The minimum absolute atomic E-state index is 0.0502. The molecular weight excluding hydrogens is 350 g/mol. The molecule has 126 valence electrons. The first-order valence-corrected chi connectivity index (χ1v) is 9.65. The van der Waals surface area contributed by atoms with E-state index in [0.717, 1.165) is 16.5 Å². The number of sulfone groups is 1. The van der Waals surface area contributed by atoms with Crippen molar-refractivity contribution in [3.63, 3.8) is 0 Å². The van der Waals surface area contributed by atoms with Gasteiger partial charge in [0, 0.05) is 10.9 Å². The highest BCUT2D eigenvalue weighted by Gasteiger charge is 2.32. The molecule has 1 amide bonds. The fourth-order valence-corrected chi connectivity index (χ4v) is 4.62. The summed E-state index contributed by atoms with van der Waals surface area (Å²) in [6, 6.07) is 7.64. The Morgan fingerprint density at radius 3 is 2.96 bits per heavy atom. The summed E-state index contributed by atoms with van der Waals surface area (Å²) in [5.74, 6) is -1.01. The predicted octanol–water partition coefficient (Wildman–Crippen LogP) is 2.08. The van der Waals surface area contributed by atoms with Crippen LogP contribution in [0.4, 0.5) is 0 Å². The number of benzene rings is 1. The number of fused-ring (bicyclic) bond motifs is 1. The molecule has 2 aromatic rings. The molecule has 0 saturated carbocycles. The monoisotopic (exact) mass is 365 g/mol. The van der Waals surface area contributed by atoms with E-state index in [4.69, 9.17) is 11.6 Å². The number of pyridine rings is 1. The molecule has 3 rings (SSSR count).